The van der Waals surface area contributed by atoms with Crippen molar-refractivity contribution in [1.29, 1.82) is 5.41 Å². The normalized spacial score (nSPS) is 11.9. The van der Waals surface area contributed by atoms with Gasteiger partial charge in [-0.1, -0.05) is 145 Å². The average Bonchev–Trinajstić information content (AvgIpc) is 3.83. The molecule has 0 amide bonds. The zero-order chi connectivity index (χ0) is 40.9. The monoisotopic (exact) mass is 818 g/mol. The van der Waals surface area contributed by atoms with Crippen LogP contribution in [-0.2, 0) is 0 Å². The number of benzene rings is 8. The fraction of sp³-hybridized carbons (Fsp3) is 0.0189. The molecule has 8 aromatic carbocycles. The van der Waals surface area contributed by atoms with Crippen LogP contribution in [0.4, 0.5) is 0 Å². The molecule has 0 bridgehead atoms. The van der Waals surface area contributed by atoms with Crippen molar-refractivity contribution in [3.05, 3.63) is 193 Å². The van der Waals surface area contributed by atoms with Crippen LogP contribution in [0.3, 0.4) is 0 Å². The van der Waals surface area contributed by atoms with Crippen molar-refractivity contribution in [1.82, 2.24) is 20.2 Å². The van der Waals surface area contributed by atoms with Gasteiger partial charge in [-0.2, -0.15) is 0 Å². The lowest BCUT2D eigenvalue weighted by Gasteiger charge is -2.12. The second kappa shape index (κ2) is 15.3. The van der Waals surface area contributed by atoms with Crippen LogP contribution in [0.1, 0.15) is 11.3 Å². The van der Waals surface area contributed by atoms with Gasteiger partial charge in [-0.3, -0.25) is 10.4 Å². The average molecular weight is 819 g/mol. The molecule has 11 rings (SSSR count). The molecule has 0 fully saturated rings. The van der Waals surface area contributed by atoms with Gasteiger partial charge in [-0.05, 0) is 114 Å². The summed E-state index contributed by atoms with van der Waals surface area (Å²) >= 11 is 2.84. The molecular weight excluding hydrogens is 785 g/mol. The van der Waals surface area contributed by atoms with E-state index in [0.29, 0.717) is 10.1 Å². The Morgan fingerprint density at radius 3 is 1.70 bits per heavy atom. The number of hydrogen-bond donors (Lipinski definition) is 1. The van der Waals surface area contributed by atoms with Crippen LogP contribution in [0, 0.1) is 5.41 Å². The van der Waals surface area contributed by atoms with E-state index >= 15 is 0 Å². The van der Waals surface area contributed by atoms with Gasteiger partial charge >= 0.3 is 0 Å². The first-order valence-corrected chi connectivity index (χ1v) is 21.6. The van der Waals surface area contributed by atoms with Gasteiger partial charge in [-0.15, -0.1) is 10.2 Å². The number of aliphatic imine (C=N–C) groups is 1. The summed E-state index contributed by atoms with van der Waals surface area (Å²) in [7, 11) is 1.76. The SMILES string of the molecule is C/N=C(\SC(=N)c1ccc2ccc(-c3nnc(-c4cccc(-c5cc6ccccc6c6ccccc56)n4)s3)cc2c1)c1cccc(-c2cc3ccccc3c3ccccc23)n1. The van der Waals surface area contributed by atoms with E-state index in [9.17, 15) is 5.41 Å². The molecule has 3 aromatic heterocycles. The van der Waals surface area contributed by atoms with Crippen molar-refractivity contribution < 1.29 is 0 Å². The van der Waals surface area contributed by atoms with E-state index in [-0.39, 0.29) is 0 Å². The molecule has 0 aliphatic rings. The fourth-order valence-corrected chi connectivity index (χ4v) is 9.83. The van der Waals surface area contributed by atoms with Crippen molar-refractivity contribution >= 4 is 87.0 Å². The molecule has 1 N–H and O–H groups in total. The molecule has 0 saturated carbocycles. The zero-order valence-corrected chi connectivity index (χ0v) is 34.5. The van der Waals surface area contributed by atoms with Crippen LogP contribution in [-0.4, -0.2) is 37.3 Å². The van der Waals surface area contributed by atoms with Crippen LogP contribution in [0.5, 0.6) is 0 Å². The van der Waals surface area contributed by atoms with E-state index in [1.165, 1.54) is 60.8 Å². The number of aromatic nitrogens is 4. The number of thioether (sulfide) groups is 1. The summed E-state index contributed by atoms with van der Waals surface area (Å²) < 4.78 is 0. The number of pyridine rings is 2. The second-order valence-electron chi connectivity index (χ2n) is 14.8. The Kier molecular flexibility index (Phi) is 9.22. The molecule has 0 radical (unpaired) electrons. The van der Waals surface area contributed by atoms with Crippen molar-refractivity contribution in [3.8, 4) is 43.8 Å². The number of hydrogen-bond acceptors (Lipinski definition) is 8. The number of rotatable bonds is 6. The van der Waals surface area contributed by atoms with Crippen molar-refractivity contribution in [3.63, 3.8) is 0 Å². The quantitative estimate of drug-likeness (QED) is 0.103. The molecule has 6 nitrogen and oxygen atoms in total. The number of nitrogens with zero attached hydrogens (tertiary/aromatic N) is 5. The largest absolute Gasteiger partial charge is 0.293 e. The summed E-state index contributed by atoms with van der Waals surface area (Å²) in [5.41, 5.74) is 7.20. The smallest absolute Gasteiger partial charge is 0.166 e. The Bertz CT molecular complexity index is 3570. The van der Waals surface area contributed by atoms with E-state index in [1.807, 2.05) is 36.4 Å². The summed E-state index contributed by atoms with van der Waals surface area (Å²) in [5.74, 6) is 0. The molecule has 0 aliphatic heterocycles. The van der Waals surface area contributed by atoms with Gasteiger partial charge in [0.15, 0.2) is 5.01 Å². The van der Waals surface area contributed by atoms with E-state index in [2.05, 4.69) is 161 Å². The molecule has 288 valence electrons. The minimum Gasteiger partial charge on any atom is -0.293 e. The molecular formula is C53H34N6S2. The van der Waals surface area contributed by atoms with Gasteiger partial charge < -0.3 is 0 Å². The summed E-state index contributed by atoms with van der Waals surface area (Å²) in [5, 5.41) is 32.7. The minimum absolute atomic E-state index is 0.389. The van der Waals surface area contributed by atoms with Crippen molar-refractivity contribution in [2.75, 3.05) is 7.05 Å². The molecule has 11 aromatic rings. The Labute approximate surface area is 359 Å². The van der Waals surface area contributed by atoms with E-state index in [4.69, 9.17) is 9.97 Å². The van der Waals surface area contributed by atoms with E-state index in [0.717, 1.165) is 71.2 Å². The van der Waals surface area contributed by atoms with Gasteiger partial charge in [-0.25, -0.2) is 9.97 Å². The van der Waals surface area contributed by atoms with E-state index < -0.39 is 0 Å². The Hall–Kier alpha value is -7.39. The maximum Gasteiger partial charge on any atom is 0.166 e. The number of fused-ring (bicyclic) bond motifs is 7. The molecule has 0 saturated heterocycles. The van der Waals surface area contributed by atoms with Crippen LogP contribution in [0.15, 0.2) is 187 Å². The third-order valence-electron chi connectivity index (χ3n) is 11.2. The standard InChI is InChI=1S/C53H34N6S2/c1-55-52(48-22-10-20-46(56-48)44-30-33-12-2-4-14-38(33)40-16-6-8-18-42(40)44)60-50(54)35-26-24-32-25-27-36(29-37(32)28-35)51-58-59-53(61-51)49-23-11-21-47(57-49)45-31-34-13-3-5-15-39(34)41-17-7-9-19-43(41)45/h2-31,54H,1H3/b54-50?,55-52-. The predicted molar refractivity (Wildman–Crippen MR) is 258 cm³/mol. The summed E-state index contributed by atoms with van der Waals surface area (Å²) in [6.07, 6.45) is 0. The lowest BCUT2D eigenvalue weighted by atomic mass is 9.95. The Morgan fingerprint density at radius 2 is 1.03 bits per heavy atom. The van der Waals surface area contributed by atoms with Gasteiger partial charge in [0.05, 0.1) is 17.1 Å². The summed E-state index contributed by atoms with van der Waals surface area (Å²) in [6.45, 7) is 0. The zero-order valence-electron chi connectivity index (χ0n) is 32.9. The predicted octanol–water partition coefficient (Wildman–Crippen LogP) is 13.9. The van der Waals surface area contributed by atoms with Crippen molar-refractivity contribution in [2.24, 2.45) is 4.99 Å². The van der Waals surface area contributed by atoms with Crippen molar-refractivity contribution in [2.45, 2.75) is 0 Å². The maximum absolute atomic E-state index is 9.21. The fourth-order valence-electron chi connectivity index (χ4n) is 8.27. The topological polar surface area (TPSA) is 87.8 Å². The summed E-state index contributed by atoms with van der Waals surface area (Å²) in [4.78, 5) is 14.9. The molecule has 0 atom stereocenters. The Balaban J connectivity index is 0.862. The van der Waals surface area contributed by atoms with E-state index in [1.54, 1.807) is 7.05 Å². The first-order valence-electron chi connectivity index (χ1n) is 20.0. The minimum atomic E-state index is 0.389. The van der Waals surface area contributed by atoms with Gasteiger partial charge in [0.2, 0.25) is 0 Å². The molecule has 8 heteroatoms. The molecule has 0 spiro atoms. The third-order valence-corrected chi connectivity index (χ3v) is 13.2. The number of nitrogens with one attached hydrogen (secondary N) is 1. The molecule has 0 aliphatic carbocycles. The second-order valence-corrected chi connectivity index (χ2v) is 16.8. The summed E-state index contributed by atoms with van der Waals surface area (Å²) in [6, 6.07) is 63.0. The highest BCUT2D eigenvalue weighted by molar-refractivity contribution is 8.27. The molecule has 3 heterocycles. The highest BCUT2D eigenvalue weighted by Crippen LogP contribution is 2.38. The maximum atomic E-state index is 9.21. The molecule has 0 unspecified atom stereocenters. The third kappa shape index (κ3) is 6.72. The van der Waals surface area contributed by atoms with Crippen LogP contribution in [0.25, 0.3) is 97.6 Å². The highest BCUT2D eigenvalue weighted by Gasteiger charge is 2.17. The highest BCUT2D eigenvalue weighted by atomic mass is 32.2. The van der Waals surface area contributed by atoms with Gasteiger partial charge in [0, 0.05) is 29.3 Å². The first kappa shape index (κ1) is 36.7. The lowest BCUT2D eigenvalue weighted by molar-refractivity contribution is 1.09. The first-order chi connectivity index (χ1) is 30.1. The Morgan fingerprint density at radius 1 is 0.475 bits per heavy atom. The lowest BCUT2D eigenvalue weighted by Crippen LogP contribution is -2.05. The van der Waals surface area contributed by atoms with Crippen LogP contribution < -0.4 is 0 Å². The van der Waals surface area contributed by atoms with Crippen LogP contribution >= 0.6 is 23.1 Å². The van der Waals surface area contributed by atoms with Gasteiger partial charge in [0.25, 0.3) is 0 Å². The van der Waals surface area contributed by atoms with Crippen LogP contribution in [0.2, 0.25) is 0 Å². The molecule has 61 heavy (non-hydrogen) atoms. The van der Waals surface area contributed by atoms with Gasteiger partial charge in [0.1, 0.15) is 20.8 Å².